The summed E-state index contributed by atoms with van der Waals surface area (Å²) in [6.45, 7) is 0. The molecule has 0 fully saturated rings. The van der Waals surface area contributed by atoms with Gasteiger partial charge in [-0.15, -0.1) is 22.7 Å². The summed E-state index contributed by atoms with van der Waals surface area (Å²) in [5.41, 5.74) is 0.521. The number of thiazole rings is 1. The van der Waals surface area contributed by atoms with Crippen molar-refractivity contribution in [1.82, 2.24) is 4.98 Å². The minimum absolute atomic E-state index is 0.124. The maximum Gasteiger partial charge on any atom is 0.337 e. The third-order valence-electron chi connectivity index (χ3n) is 3.49. The molecule has 0 saturated carbocycles. The number of carbonyl (C=O) groups excluding carboxylic acids is 3. The third kappa shape index (κ3) is 4.21. The second kappa shape index (κ2) is 8.11. The Hall–Kier alpha value is -3.04. The molecule has 0 aliphatic carbocycles. The highest BCUT2D eigenvalue weighted by Crippen LogP contribution is 2.29. The molecule has 2 aromatic heterocycles. The molecule has 0 bridgehead atoms. The van der Waals surface area contributed by atoms with Crippen LogP contribution in [-0.2, 0) is 9.47 Å². The fourth-order valence-corrected chi connectivity index (χ4v) is 3.87. The number of rotatable bonds is 5. The van der Waals surface area contributed by atoms with Crippen molar-refractivity contribution < 1.29 is 23.9 Å². The Morgan fingerprint density at radius 2 is 1.70 bits per heavy atom. The van der Waals surface area contributed by atoms with Crippen LogP contribution in [0.2, 0.25) is 0 Å². The number of benzene rings is 1. The zero-order chi connectivity index (χ0) is 19.4. The van der Waals surface area contributed by atoms with Gasteiger partial charge in [0, 0.05) is 5.69 Å². The molecule has 0 aliphatic rings. The van der Waals surface area contributed by atoms with Gasteiger partial charge in [-0.1, -0.05) is 6.07 Å². The minimum atomic E-state index is -0.631. The zero-order valence-electron chi connectivity index (χ0n) is 14.3. The van der Waals surface area contributed by atoms with Gasteiger partial charge in [0.15, 0.2) is 0 Å². The summed E-state index contributed by atoms with van der Waals surface area (Å²) in [7, 11) is 2.46. The van der Waals surface area contributed by atoms with Gasteiger partial charge in [0.25, 0.3) is 5.91 Å². The summed E-state index contributed by atoms with van der Waals surface area (Å²) >= 11 is 2.79. The molecule has 138 valence electrons. The highest BCUT2D eigenvalue weighted by molar-refractivity contribution is 7.22. The largest absolute Gasteiger partial charge is 0.465 e. The van der Waals surface area contributed by atoms with Crippen molar-refractivity contribution >= 4 is 46.2 Å². The van der Waals surface area contributed by atoms with E-state index in [1.54, 1.807) is 0 Å². The quantitative estimate of drug-likeness (QED) is 0.654. The molecule has 1 amide bonds. The van der Waals surface area contributed by atoms with Crippen LogP contribution in [0.1, 0.15) is 30.4 Å². The van der Waals surface area contributed by atoms with Gasteiger partial charge in [0.05, 0.1) is 36.4 Å². The molecular weight excluding hydrogens is 388 g/mol. The standard InChI is InChI=1S/C18H14N2O5S2/c1-24-17(22)10-6-11(18(23)25-2)8-12(7-10)20-15(21)14-9-19-16(27-14)13-4-3-5-26-13/h3-9H,1-2H3,(H,20,21). The van der Waals surface area contributed by atoms with Crippen molar-refractivity contribution in [1.29, 1.82) is 0 Å². The van der Waals surface area contributed by atoms with Gasteiger partial charge in [-0.25, -0.2) is 14.6 Å². The Morgan fingerprint density at radius 3 is 2.26 bits per heavy atom. The first-order chi connectivity index (χ1) is 13.0. The molecule has 1 aromatic carbocycles. The van der Waals surface area contributed by atoms with E-state index in [1.165, 1.54) is 61.3 Å². The number of esters is 2. The van der Waals surface area contributed by atoms with Crippen LogP contribution in [0.15, 0.2) is 41.9 Å². The van der Waals surface area contributed by atoms with Crippen LogP contribution in [0, 0.1) is 0 Å². The van der Waals surface area contributed by atoms with Crippen molar-refractivity contribution in [3.63, 3.8) is 0 Å². The number of anilines is 1. The van der Waals surface area contributed by atoms with Crippen LogP contribution in [0.3, 0.4) is 0 Å². The van der Waals surface area contributed by atoms with Crippen LogP contribution in [0.4, 0.5) is 5.69 Å². The molecule has 0 spiro atoms. The molecule has 0 unspecified atom stereocenters. The average Bonchev–Trinajstić information content (AvgIpc) is 3.37. The van der Waals surface area contributed by atoms with Crippen LogP contribution < -0.4 is 5.32 Å². The minimum Gasteiger partial charge on any atom is -0.465 e. The van der Waals surface area contributed by atoms with E-state index in [2.05, 4.69) is 19.8 Å². The van der Waals surface area contributed by atoms with Gasteiger partial charge in [-0.05, 0) is 29.6 Å². The van der Waals surface area contributed by atoms with E-state index in [9.17, 15) is 14.4 Å². The molecule has 2 heterocycles. The van der Waals surface area contributed by atoms with Crippen LogP contribution >= 0.6 is 22.7 Å². The van der Waals surface area contributed by atoms with Crippen molar-refractivity contribution in [2.24, 2.45) is 0 Å². The van der Waals surface area contributed by atoms with E-state index >= 15 is 0 Å². The first-order valence-corrected chi connectivity index (χ1v) is 9.34. The Balaban J connectivity index is 1.86. The topological polar surface area (TPSA) is 94.6 Å². The molecule has 0 atom stereocenters. The number of carbonyl (C=O) groups is 3. The number of hydrogen-bond donors (Lipinski definition) is 1. The Kier molecular flexibility index (Phi) is 5.63. The lowest BCUT2D eigenvalue weighted by Gasteiger charge is -2.08. The molecular formula is C18H14N2O5S2. The monoisotopic (exact) mass is 402 g/mol. The molecule has 0 aliphatic heterocycles. The predicted molar refractivity (Wildman–Crippen MR) is 103 cm³/mol. The lowest BCUT2D eigenvalue weighted by molar-refractivity contribution is 0.0599. The summed E-state index contributed by atoms with van der Waals surface area (Å²) in [5, 5.41) is 5.35. The van der Waals surface area contributed by atoms with E-state index in [0.29, 0.717) is 4.88 Å². The second-order valence-electron chi connectivity index (χ2n) is 5.24. The number of nitrogens with one attached hydrogen (secondary N) is 1. The van der Waals surface area contributed by atoms with E-state index in [4.69, 9.17) is 0 Å². The second-order valence-corrected chi connectivity index (χ2v) is 7.22. The molecule has 0 saturated heterocycles. The molecule has 7 nitrogen and oxygen atoms in total. The first kappa shape index (κ1) is 18.7. The lowest BCUT2D eigenvalue weighted by atomic mass is 10.1. The van der Waals surface area contributed by atoms with E-state index in [0.717, 1.165) is 9.88 Å². The number of hydrogen-bond acceptors (Lipinski definition) is 8. The van der Waals surface area contributed by atoms with Crippen molar-refractivity contribution in [2.45, 2.75) is 0 Å². The third-order valence-corrected chi connectivity index (χ3v) is 5.53. The maximum atomic E-state index is 12.5. The fourth-order valence-electron chi connectivity index (χ4n) is 2.26. The summed E-state index contributed by atoms with van der Waals surface area (Å²) in [4.78, 5) is 41.8. The van der Waals surface area contributed by atoms with Crippen molar-refractivity contribution in [3.8, 4) is 9.88 Å². The molecule has 0 radical (unpaired) electrons. The molecule has 3 rings (SSSR count). The number of thiophene rings is 1. The number of nitrogens with zero attached hydrogens (tertiary/aromatic N) is 1. The summed E-state index contributed by atoms with van der Waals surface area (Å²) in [5.74, 6) is -1.66. The zero-order valence-corrected chi connectivity index (χ0v) is 16.0. The SMILES string of the molecule is COC(=O)c1cc(NC(=O)c2cnc(-c3cccs3)s2)cc(C(=O)OC)c1. The maximum absolute atomic E-state index is 12.5. The van der Waals surface area contributed by atoms with E-state index < -0.39 is 17.8 Å². The van der Waals surface area contributed by atoms with Crippen molar-refractivity contribution in [2.75, 3.05) is 19.5 Å². The Bertz CT molecular complexity index is 961. The summed E-state index contributed by atoms with van der Waals surface area (Å²) in [6, 6.07) is 8.03. The van der Waals surface area contributed by atoms with Gasteiger partial charge < -0.3 is 14.8 Å². The van der Waals surface area contributed by atoms with E-state index in [-0.39, 0.29) is 16.8 Å². The van der Waals surface area contributed by atoms with Gasteiger partial charge in [0.2, 0.25) is 0 Å². The smallest absolute Gasteiger partial charge is 0.337 e. The van der Waals surface area contributed by atoms with Gasteiger partial charge >= 0.3 is 11.9 Å². The number of amides is 1. The van der Waals surface area contributed by atoms with Gasteiger partial charge in [-0.3, -0.25) is 4.79 Å². The lowest BCUT2D eigenvalue weighted by Crippen LogP contribution is -2.13. The highest BCUT2D eigenvalue weighted by atomic mass is 32.1. The van der Waals surface area contributed by atoms with Crippen LogP contribution in [0.5, 0.6) is 0 Å². The van der Waals surface area contributed by atoms with E-state index in [1.807, 2.05) is 17.5 Å². The van der Waals surface area contributed by atoms with Crippen LogP contribution in [0.25, 0.3) is 9.88 Å². The highest BCUT2D eigenvalue weighted by Gasteiger charge is 2.17. The number of ether oxygens (including phenoxy) is 2. The van der Waals surface area contributed by atoms with Gasteiger partial charge in [0.1, 0.15) is 9.88 Å². The average molecular weight is 402 g/mol. The first-order valence-electron chi connectivity index (χ1n) is 7.64. The molecule has 27 heavy (non-hydrogen) atoms. The molecule has 9 heteroatoms. The Morgan fingerprint density at radius 1 is 1.04 bits per heavy atom. The normalized spacial score (nSPS) is 10.3. The van der Waals surface area contributed by atoms with Gasteiger partial charge in [-0.2, -0.15) is 0 Å². The van der Waals surface area contributed by atoms with Crippen molar-refractivity contribution in [3.05, 3.63) is 57.9 Å². The fraction of sp³-hybridized carbons (Fsp3) is 0.111. The predicted octanol–water partition coefficient (Wildman–Crippen LogP) is 3.70. The summed E-state index contributed by atoms with van der Waals surface area (Å²) in [6.07, 6.45) is 1.49. The summed E-state index contributed by atoms with van der Waals surface area (Å²) < 4.78 is 9.37. The number of aromatic nitrogens is 1. The number of methoxy groups -OCH3 is 2. The van der Waals surface area contributed by atoms with Crippen LogP contribution in [-0.4, -0.2) is 37.0 Å². The molecule has 1 N–H and O–H groups in total. The Labute approximate surface area is 162 Å². The molecule has 3 aromatic rings.